The fraction of sp³-hybridized carbons (Fsp3) is 0.432. The summed E-state index contributed by atoms with van der Waals surface area (Å²) >= 11 is 1.47. The number of nitrogen functional groups attached to an aromatic ring is 1. The number of esters is 1. The molecule has 0 radical (unpaired) electrons. The van der Waals surface area contributed by atoms with Gasteiger partial charge in [-0.2, -0.15) is 0 Å². The molecular formula is C37H41NO5S. The Morgan fingerprint density at radius 3 is 2.16 bits per heavy atom. The SMILES string of the molecule is Cc1ccc(CCSc2cc(C(=O)OC3CCC4CC(OC(C)C)CCC4C3)c(N)c3c2C(=O)c2ccccc2C3=O)cc1. The summed E-state index contributed by atoms with van der Waals surface area (Å²) < 4.78 is 12.2. The predicted octanol–water partition coefficient (Wildman–Crippen LogP) is 7.61. The minimum atomic E-state index is -0.523. The molecule has 3 aromatic carbocycles. The maximum absolute atomic E-state index is 13.8. The molecule has 7 heteroatoms. The molecule has 3 aliphatic carbocycles. The number of thioether (sulfide) groups is 1. The van der Waals surface area contributed by atoms with Crippen LogP contribution >= 0.6 is 11.8 Å². The number of carbonyl (C=O) groups excluding carboxylic acids is 3. The molecule has 6 rings (SSSR count). The molecule has 0 amide bonds. The van der Waals surface area contributed by atoms with Crippen LogP contribution < -0.4 is 5.73 Å². The number of hydrogen-bond donors (Lipinski definition) is 1. The fourth-order valence-corrected chi connectivity index (χ4v) is 8.33. The zero-order valence-corrected chi connectivity index (χ0v) is 26.6. The second kappa shape index (κ2) is 12.9. The van der Waals surface area contributed by atoms with Crippen molar-refractivity contribution < 1.29 is 23.9 Å². The molecule has 3 aromatic rings. The molecular weight excluding hydrogens is 570 g/mol. The smallest absolute Gasteiger partial charge is 0.340 e. The van der Waals surface area contributed by atoms with Crippen LogP contribution in [-0.4, -0.2) is 41.6 Å². The molecule has 6 nitrogen and oxygen atoms in total. The summed E-state index contributed by atoms with van der Waals surface area (Å²) in [6.45, 7) is 6.23. The summed E-state index contributed by atoms with van der Waals surface area (Å²) in [5.74, 6) is 0.683. The molecule has 4 atom stereocenters. The summed E-state index contributed by atoms with van der Waals surface area (Å²) in [7, 11) is 0. The summed E-state index contributed by atoms with van der Waals surface area (Å²) in [6, 6.07) is 16.8. The van der Waals surface area contributed by atoms with Crippen molar-refractivity contribution in [1.82, 2.24) is 0 Å². The molecule has 44 heavy (non-hydrogen) atoms. The summed E-state index contributed by atoms with van der Waals surface area (Å²) in [5.41, 5.74) is 10.2. The van der Waals surface area contributed by atoms with Crippen LogP contribution in [0.3, 0.4) is 0 Å². The lowest BCUT2D eigenvalue weighted by atomic mass is 9.69. The molecule has 0 aliphatic heterocycles. The summed E-state index contributed by atoms with van der Waals surface area (Å²) in [6.07, 6.45) is 6.96. The van der Waals surface area contributed by atoms with Gasteiger partial charge in [0, 0.05) is 27.3 Å². The van der Waals surface area contributed by atoms with Crippen molar-refractivity contribution in [1.29, 1.82) is 0 Å². The van der Waals surface area contributed by atoms with Crippen LogP contribution in [0.1, 0.15) is 106 Å². The van der Waals surface area contributed by atoms with Gasteiger partial charge in [-0.15, -0.1) is 11.8 Å². The van der Waals surface area contributed by atoms with E-state index in [-0.39, 0.29) is 46.2 Å². The van der Waals surface area contributed by atoms with Gasteiger partial charge in [0.2, 0.25) is 0 Å². The molecule has 0 aromatic heterocycles. The normalized spacial score (nSPS) is 22.7. The molecule has 3 aliphatic rings. The minimum absolute atomic E-state index is 0.0285. The number of ketones is 2. The van der Waals surface area contributed by atoms with Crippen LogP contribution in [0.4, 0.5) is 5.69 Å². The number of ether oxygens (including phenoxy) is 2. The van der Waals surface area contributed by atoms with Crippen LogP contribution in [-0.2, 0) is 15.9 Å². The molecule has 0 bridgehead atoms. The third-order valence-corrected chi connectivity index (χ3v) is 10.5. The van der Waals surface area contributed by atoms with Crippen LogP contribution in [0.25, 0.3) is 0 Å². The fourth-order valence-electron chi connectivity index (χ4n) is 7.23. The number of hydrogen-bond acceptors (Lipinski definition) is 7. The van der Waals surface area contributed by atoms with E-state index in [0.29, 0.717) is 39.7 Å². The molecule has 230 valence electrons. The molecule has 0 saturated heterocycles. The van der Waals surface area contributed by atoms with E-state index in [2.05, 4.69) is 45.0 Å². The third-order valence-electron chi connectivity index (χ3n) is 9.45. The Morgan fingerprint density at radius 1 is 0.886 bits per heavy atom. The maximum Gasteiger partial charge on any atom is 0.340 e. The summed E-state index contributed by atoms with van der Waals surface area (Å²) in [5, 5.41) is 0. The zero-order chi connectivity index (χ0) is 31.0. The quantitative estimate of drug-likeness (QED) is 0.124. The minimum Gasteiger partial charge on any atom is -0.459 e. The van der Waals surface area contributed by atoms with Crippen molar-refractivity contribution in [2.24, 2.45) is 11.8 Å². The van der Waals surface area contributed by atoms with Gasteiger partial charge in [0.25, 0.3) is 0 Å². The van der Waals surface area contributed by atoms with Gasteiger partial charge >= 0.3 is 5.97 Å². The van der Waals surface area contributed by atoms with Gasteiger partial charge < -0.3 is 15.2 Å². The highest BCUT2D eigenvalue weighted by Crippen LogP contribution is 2.44. The standard InChI is InChI=1S/C37H41NO5S/c1-21(2)42-26-14-12-25-19-27(15-13-24(25)18-26)43-37(41)30-20-31(44-17-16-23-10-8-22(3)9-11-23)32-33(34(30)38)36(40)29-7-5-4-6-28(29)35(32)39/h4-11,20-21,24-27H,12-19,38H2,1-3H3. The second-order valence-corrected chi connectivity index (χ2v) is 14.0. The highest BCUT2D eigenvalue weighted by atomic mass is 32.2. The lowest BCUT2D eigenvalue weighted by Crippen LogP contribution is -2.38. The van der Waals surface area contributed by atoms with Crippen molar-refractivity contribution in [2.45, 2.75) is 88.9 Å². The average Bonchev–Trinajstić information content (AvgIpc) is 3.01. The number of anilines is 1. The molecule has 2 saturated carbocycles. The molecule has 0 heterocycles. The van der Waals surface area contributed by atoms with E-state index in [9.17, 15) is 14.4 Å². The van der Waals surface area contributed by atoms with Gasteiger partial charge in [-0.25, -0.2) is 4.79 Å². The lowest BCUT2D eigenvalue weighted by molar-refractivity contribution is -0.0588. The van der Waals surface area contributed by atoms with E-state index in [0.717, 1.165) is 44.9 Å². The Kier molecular flexibility index (Phi) is 8.97. The number of rotatable bonds is 8. The van der Waals surface area contributed by atoms with E-state index in [1.54, 1.807) is 30.3 Å². The molecule has 0 spiro atoms. The Labute approximate surface area is 264 Å². The lowest BCUT2D eigenvalue weighted by Gasteiger charge is -2.42. The Bertz CT molecular complexity index is 1580. The van der Waals surface area contributed by atoms with Crippen molar-refractivity contribution in [2.75, 3.05) is 11.5 Å². The topological polar surface area (TPSA) is 95.7 Å². The van der Waals surface area contributed by atoms with Crippen LogP contribution in [0.2, 0.25) is 0 Å². The van der Waals surface area contributed by atoms with E-state index in [1.165, 1.54) is 22.9 Å². The van der Waals surface area contributed by atoms with Gasteiger partial charge in [0.15, 0.2) is 11.6 Å². The van der Waals surface area contributed by atoms with Gasteiger partial charge in [-0.1, -0.05) is 54.1 Å². The highest BCUT2D eigenvalue weighted by Gasteiger charge is 2.39. The Morgan fingerprint density at radius 2 is 1.50 bits per heavy atom. The second-order valence-electron chi connectivity index (χ2n) is 12.9. The first-order chi connectivity index (χ1) is 21.2. The molecule has 2 fully saturated rings. The van der Waals surface area contributed by atoms with Crippen molar-refractivity contribution >= 4 is 35.0 Å². The van der Waals surface area contributed by atoms with Gasteiger partial charge in [0.05, 0.1) is 29.0 Å². The predicted molar refractivity (Wildman–Crippen MR) is 174 cm³/mol. The number of nitrogens with two attached hydrogens (primary N) is 1. The average molecular weight is 612 g/mol. The Balaban J connectivity index is 1.24. The van der Waals surface area contributed by atoms with Gasteiger partial charge in [0.1, 0.15) is 6.10 Å². The van der Waals surface area contributed by atoms with Crippen molar-refractivity contribution in [3.05, 3.63) is 93.5 Å². The number of carbonyl (C=O) groups is 3. The van der Waals surface area contributed by atoms with Gasteiger partial charge in [-0.05, 0) is 89.2 Å². The largest absolute Gasteiger partial charge is 0.459 e. The highest BCUT2D eigenvalue weighted by molar-refractivity contribution is 7.99. The first kappa shape index (κ1) is 30.6. The third kappa shape index (κ3) is 6.22. The first-order valence-electron chi connectivity index (χ1n) is 15.9. The monoisotopic (exact) mass is 611 g/mol. The number of fused-ring (bicyclic) bond motifs is 3. The number of benzene rings is 3. The maximum atomic E-state index is 13.8. The van der Waals surface area contributed by atoms with Crippen LogP contribution in [0, 0.1) is 18.8 Å². The zero-order valence-electron chi connectivity index (χ0n) is 25.8. The number of aryl methyl sites for hydroxylation is 2. The van der Waals surface area contributed by atoms with E-state index in [4.69, 9.17) is 15.2 Å². The summed E-state index contributed by atoms with van der Waals surface area (Å²) in [4.78, 5) is 41.9. The van der Waals surface area contributed by atoms with E-state index >= 15 is 0 Å². The Hall–Kier alpha value is -3.42. The van der Waals surface area contributed by atoms with Crippen LogP contribution in [0.15, 0.2) is 59.5 Å². The van der Waals surface area contributed by atoms with E-state index < -0.39 is 5.97 Å². The van der Waals surface area contributed by atoms with Crippen molar-refractivity contribution in [3.63, 3.8) is 0 Å². The van der Waals surface area contributed by atoms with Gasteiger partial charge in [-0.3, -0.25) is 9.59 Å². The van der Waals surface area contributed by atoms with Crippen LogP contribution in [0.5, 0.6) is 0 Å². The van der Waals surface area contributed by atoms with Crippen molar-refractivity contribution in [3.8, 4) is 0 Å². The first-order valence-corrected chi connectivity index (χ1v) is 16.9. The molecule has 2 N–H and O–H groups in total. The van der Waals surface area contributed by atoms with E-state index in [1.807, 2.05) is 0 Å². The molecule has 4 unspecified atom stereocenters.